The van der Waals surface area contributed by atoms with Gasteiger partial charge in [0.2, 0.25) is 0 Å². The minimum Gasteiger partial charge on any atom is -0.299 e. The SMILES string of the molecule is CCCN(CCCC(C#N)(c1ccc(F)cc1)C(C)C)Cc1ccccc1. The van der Waals surface area contributed by atoms with Crippen LogP contribution in [0.2, 0.25) is 0 Å². The van der Waals surface area contributed by atoms with E-state index < -0.39 is 5.41 Å². The van der Waals surface area contributed by atoms with Gasteiger partial charge in [-0.1, -0.05) is 63.2 Å². The van der Waals surface area contributed by atoms with Crippen LogP contribution in [-0.2, 0) is 12.0 Å². The number of nitriles is 1. The van der Waals surface area contributed by atoms with Crippen molar-refractivity contribution >= 4 is 0 Å². The van der Waals surface area contributed by atoms with Crippen LogP contribution in [0.25, 0.3) is 0 Å². The Balaban J connectivity index is 2.07. The smallest absolute Gasteiger partial charge is 0.123 e. The van der Waals surface area contributed by atoms with Crippen LogP contribution in [0.15, 0.2) is 54.6 Å². The van der Waals surface area contributed by atoms with E-state index in [1.165, 1.54) is 17.7 Å². The van der Waals surface area contributed by atoms with Gasteiger partial charge in [0, 0.05) is 6.54 Å². The summed E-state index contributed by atoms with van der Waals surface area (Å²) in [5.41, 5.74) is 1.67. The van der Waals surface area contributed by atoms with Crippen LogP contribution in [0.4, 0.5) is 4.39 Å². The highest BCUT2D eigenvalue weighted by atomic mass is 19.1. The Labute approximate surface area is 163 Å². The maximum atomic E-state index is 13.3. The van der Waals surface area contributed by atoms with Gasteiger partial charge in [0.15, 0.2) is 0 Å². The number of benzene rings is 2. The maximum absolute atomic E-state index is 13.3. The van der Waals surface area contributed by atoms with E-state index in [9.17, 15) is 9.65 Å². The molecule has 1 atom stereocenters. The van der Waals surface area contributed by atoms with Gasteiger partial charge < -0.3 is 0 Å². The van der Waals surface area contributed by atoms with Crippen LogP contribution >= 0.6 is 0 Å². The quantitative estimate of drug-likeness (QED) is 0.520. The zero-order chi connectivity index (χ0) is 19.7. The summed E-state index contributed by atoms with van der Waals surface area (Å²) in [5.74, 6) is -0.0898. The van der Waals surface area contributed by atoms with E-state index in [4.69, 9.17) is 0 Å². The lowest BCUT2D eigenvalue weighted by Gasteiger charge is -2.32. The minimum absolute atomic E-state index is 0.168. The summed E-state index contributed by atoms with van der Waals surface area (Å²) < 4.78 is 13.3. The number of rotatable bonds is 10. The lowest BCUT2D eigenvalue weighted by Crippen LogP contribution is -2.33. The molecule has 2 rings (SSSR count). The van der Waals surface area contributed by atoms with Crippen LogP contribution < -0.4 is 0 Å². The molecular formula is C24H31FN2. The van der Waals surface area contributed by atoms with Crippen molar-refractivity contribution in [1.29, 1.82) is 5.26 Å². The molecule has 0 N–H and O–H groups in total. The first-order chi connectivity index (χ1) is 13.0. The monoisotopic (exact) mass is 366 g/mol. The lowest BCUT2D eigenvalue weighted by atomic mass is 9.70. The first-order valence-corrected chi connectivity index (χ1v) is 9.95. The summed E-state index contributed by atoms with van der Waals surface area (Å²) in [6.07, 6.45) is 2.83. The fourth-order valence-corrected chi connectivity index (χ4v) is 3.77. The van der Waals surface area contributed by atoms with E-state index in [2.05, 4.69) is 56.0 Å². The molecule has 2 nitrogen and oxygen atoms in total. The van der Waals surface area contributed by atoms with E-state index in [0.717, 1.165) is 44.5 Å². The molecule has 144 valence electrons. The molecule has 0 aliphatic rings. The maximum Gasteiger partial charge on any atom is 0.123 e. The Bertz CT molecular complexity index is 718. The normalized spacial score (nSPS) is 13.5. The molecule has 0 radical (unpaired) electrons. The van der Waals surface area contributed by atoms with Gasteiger partial charge >= 0.3 is 0 Å². The Morgan fingerprint density at radius 3 is 2.26 bits per heavy atom. The number of hydrogen-bond acceptors (Lipinski definition) is 2. The fourth-order valence-electron chi connectivity index (χ4n) is 3.77. The summed E-state index contributed by atoms with van der Waals surface area (Å²) in [6, 6.07) is 19.5. The van der Waals surface area contributed by atoms with Crippen molar-refractivity contribution in [2.24, 2.45) is 5.92 Å². The van der Waals surface area contributed by atoms with Gasteiger partial charge in [-0.15, -0.1) is 0 Å². The third-order valence-corrected chi connectivity index (χ3v) is 5.38. The lowest BCUT2D eigenvalue weighted by molar-refractivity contribution is 0.244. The standard InChI is InChI=1S/C24H31FN2/c1-4-16-27(18-21-9-6-5-7-10-21)17-8-15-24(19-26,20(2)3)22-11-13-23(25)14-12-22/h5-7,9-14,20H,4,8,15-18H2,1-3H3. The van der Waals surface area contributed by atoms with Crippen molar-refractivity contribution in [2.45, 2.75) is 52.0 Å². The molecule has 0 saturated carbocycles. The van der Waals surface area contributed by atoms with Crippen molar-refractivity contribution in [3.05, 3.63) is 71.5 Å². The molecule has 0 aliphatic heterocycles. The molecule has 0 spiro atoms. The van der Waals surface area contributed by atoms with Gasteiger partial charge in [0.25, 0.3) is 0 Å². The van der Waals surface area contributed by atoms with Crippen LogP contribution in [0.5, 0.6) is 0 Å². The van der Waals surface area contributed by atoms with Gasteiger partial charge in [-0.05, 0) is 61.5 Å². The minimum atomic E-state index is -0.571. The molecule has 0 saturated heterocycles. The predicted molar refractivity (Wildman–Crippen MR) is 110 cm³/mol. The molecule has 1 unspecified atom stereocenters. The second-order valence-corrected chi connectivity index (χ2v) is 7.61. The van der Waals surface area contributed by atoms with Crippen molar-refractivity contribution in [3.63, 3.8) is 0 Å². The van der Waals surface area contributed by atoms with Gasteiger partial charge in [0.05, 0.1) is 11.5 Å². The predicted octanol–water partition coefficient (Wildman–Crippen LogP) is 5.94. The average molecular weight is 367 g/mol. The Kier molecular flexibility index (Phi) is 8.00. The van der Waals surface area contributed by atoms with Crippen molar-refractivity contribution in [1.82, 2.24) is 4.90 Å². The second-order valence-electron chi connectivity index (χ2n) is 7.61. The van der Waals surface area contributed by atoms with Crippen molar-refractivity contribution in [3.8, 4) is 6.07 Å². The highest BCUT2D eigenvalue weighted by Gasteiger charge is 2.35. The zero-order valence-electron chi connectivity index (χ0n) is 16.8. The highest BCUT2D eigenvalue weighted by molar-refractivity contribution is 5.33. The van der Waals surface area contributed by atoms with Crippen molar-refractivity contribution in [2.75, 3.05) is 13.1 Å². The number of hydrogen-bond donors (Lipinski definition) is 0. The number of halogens is 1. The first-order valence-electron chi connectivity index (χ1n) is 9.95. The third kappa shape index (κ3) is 5.65. The zero-order valence-corrected chi connectivity index (χ0v) is 16.8. The van der Waals surface area contributed by atoms with Crippen LogP contribution in [0.3, 0.4) is 0 Å². The Morgan fingerprint density at radius 1 is 1.04 bits per heavy atom. The van der Waals surface area contributed by atoms with Crippen LogP contribution in [-0.4, -0.2) is 18.0 Å². The average Bonchev–Trinajstić information content (AvgIpc) is 2.67. The van der Waals surface area contributed by atoms with E-state index in [0.29, 0.717) is 0 Å². The van der Waals surface area contributed by atoms with Gasteiger partial charge in [-0.3, -0.25) is 4.90 Å². The summed E-state index contributed by atoms with van der Waals surface area (Å²) >= 11 is 0. The van der Waals surface area contributed by atoms with Gasteiger partial charge in [-0.25, -0.2) is 4.39 Å². The largest absolute Gasteiger partial charge is 0.299 e. The molecule has 0 fully saturated rings. The summed E-state index contributed by atoms with van der Waals surface area (Å²) in [4.78, 5) is 2.46. The van der Waals surface area contributed by atoms with Gasteiger partial charge in [-0.2, -0.15) is 5.26 Å². The first kappa shape index (κ1) is 21.1. The Hall–Kier alpha value is -2.18. The molecule has 0 heterocycles. The molecule has 2 aromatic carbocycles. The molecule has 0 aliphatic carbocycles. The van der Waals surface area contributed by atoms with E-state index >= 15 is 0 Å². The van der Waals surface area contributed by atoms with E-state index in [-0.39, 0.29) is 11.7 Å². The fraction of sp³-hybridized carbons (Fsp3) is 0.458. The van der Waals surface area contributed by atoms with Crippen molar-refractivity contribution < 1.29 is 4.39 Å². The topological polar surface area (TPSA) is 27.0 Å². The third-order valence-electron chi connectivity index (χ3n) is 5.38. The molecular weight excluding hydrogens is 335 g/mol. The van der Waals surface area contributed by atoms with Crippen LogP contribution in [0.1, 0.15) is 51.2 Å². The second kappa shape index (κ2) is 10.2. The highest BCUT2D eigenvalue weighted by Crippen LogP contribution is 2.36. The van der Waals surface area contributed by atoms with Crippen LogP contribution in [0, 0.1) is 23.1 Å². The van der Waals surface area contributed by atoms with Gasteiger partial charge in [0.1, 0.15) is 5.82 Å². The molecule has 2 aromatic rings. The molecule has 3 heteroatoms. The molecule has 0 bridgehead atoms. The van der Waals surface area contributed by atoms with E-state index in [1.807, 2.05) is 6.07 Å². The molecule has 27 heavy (non-hydrogen) atoms. The molecule has 0 aromatic heterocycles. The molecule has 0 amide bonds. The Morgan fingerprint density at radius 2 is 1.70 bits per heavy atom. The summed E-state index contributed by atoms with van der Waals surface area (Å²) in [7, 11) is 0. The summed E-state index contributed by atoms with van der Waals surface area (Å²) in [5, 5.41) is 10.0. The number of nitrogens with zero attached hydrogens (tertiary/aromatic N) is 2. The summed E-state index contributed by atoms with van der Waals surface area (Å²) in [6.45, 7) is 9.31. The van der Waals surface area contributed by atoms with E-state index in [1.54, 1.807) is 12.1 Å².